The molecule has 0 spiro atoms. The molecule has 124 valence electrons. The number of thiazole rings is 1. The summed E-state index contributed by atoms with van der Waals surface area (Å²) in [5.74, 6) is 0.223. The molecule has 0 aliphatic heterocycles. The molecule has 3 aromatic rings. The minimum atomic E-state index is -0.470. The van der Waals surface area contributed by atoms with Crippen molar-refractivity contribution in [1.82, 2.24) is 14.8 Å². The number of carbonyl (C=O) groups excluding carboxylic acids is 1. The van der Waals surface area contributed by atoms with Crippen LogP contribution in [0.25, 0.3) is 16.8 Å². The zero-order valence-electron chi connectivity index (χ0n) is 13.0. The maximum atomic E-state index is 11.8. The van der Waals surface area contributed by atoms with Crippen molar-refractivity contribution in [3.8, 4) is 10.8 Å². The molecule has 3 aromatic heterocycles. The first-order valence-electron chi connectivity index (χ1n) is 7.07. The molecule has 0 unspecified atom stereocenters. The zero-order valence-corrected chi connectivity index (χ0v) is 14.6. The fourth-order valence-electron chi connectivity index (χ4n) is 2.07. The summed E-state index contributed by atoms with van der Waals surface area (Å²) < 4.78 is 12.0. The van der Waals surface area contributed by atoms with Gasteiger partial charge in [0.2, 0.25) is 0 Å². The molecule has 0 aliphatic rings. The standard InChI is InChI=1S/C16H14ClN3O3S/c1-10-12(15(17)20(2)19-10)5-6-14(21)23-8-11-9-24-16(18-11)13-4-3-7-22-13/h3-7,9H,8H2,1-2H3/b6-5+. The van der Waals surface area contributed by atoms with Gasteiger partial charge in [-0.3, -0.25) is 4.68 Å². The summed E-state index contributed by atoms with van der Waals surface area (Å²) in [6, 6.07) is 3.63. The van der Waals surface area contributed by atoms with Gasteiger partial charge in [0, 0.05) is 24.1 Å². The van der Waals surface area contributed by atoms with Crippen molar-refractivity contribution in [2.75, 3.05) is 0 Å². The van der Waals surface area contributed by atoms with Crippen molar-refractivity contribution in [2.24, 2.45) is 7.05 Å². The van der Waals surface area contributed by atoms with Gasteiger partial charge in [0.15, 0.2) is 10.8 Å². The Bertz CT molecular complexity index is 881. The van der Waals surface area contributed by atoms with Crippen LogP contribution in [0, 0.1) is 6.92 Å². The third kappa shape index (κ3) is 3.58. The van der Waals surface area contributed by atoms with Crippen LogP contribution in [0.15, 0.2) is 34.3 Å². The second-order valence-electron chi connectivity index (χ2n) is 4.98. The zero-order chi connectivity index (χ0) is 17.1. The maximum absolute atomic E-state index is 11.8. The van der Waals surface area contributed by atoms with E-state index in [1.807, 2.05) is 18.4 Å². The van der Waals surface area contributed by atoms with Crippen LogP contribution >= 0.6 is 22.9 Å². The molecule has 0 radical (unpaired) electrons. The summed E-state index contributed by atoms with van der Waals surface area (Å²) in [6.07, 6.45) is 4.52. The summed E-state index contributed by atoms with van der Waals surface area (Å²) in [7, 11) is 1.74. The van der Waals surface area contributed by atoms with Crippen LogP contribution in [0.2, 0.25) is 5.15 Å². The molecule has 8 heteroatoms. The van der Waals surface area contributed by atoms with Gasteiger partial charge in [0.05, 0.1) is 17.7 Å². The molecule has 0 saturated carbocycles. The Hall–Kier alpha value is -2.38. The summed E-state index contributed by atoms with van der Waals surface area (Å²) in [4.78, 5) is 16.2. The third-order valence-corrected chi connectivity index (χ3v) is 4.58. The number of hydrogen-bond donors (Lipinski definition) is 0. The van der Waals surface area contributed by atoms with Crippen LogP contribution in [0.3, 0.4) is 0 Å². The second-order valence-corrected chi connectivity index (χ2v) is 6.19. The molecule has 0 atom stereocenters. The monoisotopic (exact) mass is 363 g/mol. The average Bonchev–Trinajstić information content (AvgIpc) is 3.27. The van der Waals surface area contributed by atoms with E-state index < -0.39 is 5.97 Å². The summed E-state index contributed by atoms with van der Waals surface area (Å²) in [5, 5.41) is 7.22. The minimum Gasteiger partial charge on any atom is -0.462 e. The molecule has 0 aromatic carbocycles. The Balaban J connectivity index is 1.59. The van der Waals surface area contributed by atoms with E-state index in [1.54, 1.807) is 30.1 Å². The fourth-order valence-corrected chi connectivity index (χ4v) is 3.08. The van der Waals surface area contributed by atoms with Gasteiger partial charge < -0.3 is 9.15 Å². The lowest BCUT2D eigenvalue weighted by Crippen LogP contribution is -2.01. The lowest BCUT2D eigenvalue weighted by molar-refractivity contribution is -0.139. The predicted octanol–water partition coefficient (Wildman–Crippen LogP) is 3.86. The summed E-state index contributed by atoms with van der Waals surface area (Å²) >= 11 is 7.53. The number of furan rings is 1. The van der Waals surface area contributed by atoms with Crippen LogP contribution in [0.5, 0.6) is 0 Å². The first-order chi connectivity index (χ1) is 11.5. The highest BCUT2D eigenvalue weighted by Crippen LogP contribution is 2.24. The highest BCUT2D eigenvalue weighted by Gasteiger charge is 2.10. The van der Waals surface area contributed by atoms with Gasteiger partial charge >= 0.3 is 5.97 Å². The highest BCUT2D eigenvalue weighted by molar-refractivity contribution is 7.13. The molecule has 0 fully saturated rings. The summed E-state index contributed by atoms with van der Waals surface area (Å²) in [5.41, 5.74) is 2.11. The van der Waals surface area contributed by atoms with Gasteiger partial charge in [-0.25, -0.2) is 9.78 Å². The maximum Gasteiger partial charge on any atom is 0.331 e. The molecule has 0 N–H and O–H groups in total. The van der Waals surface area contributed by atoms with Crippen LogP contribution in [-0.4, -0.2) is 20.7 Å². The average molecular weight is 364 g/mol. The van der Waals surface area contributed by atoms with E-state index in [1.165, 1.54) is 17.4 Å². The number of nitrogens with zero attached hydrogens (tertiary/aromatic N) is 3. The molecule has 24 heavy (non-hydrogen) atoms. The van der Waals surface area contributed by atoms with Gasteiger partial charge in [0.1, 0.15) is 11.8 Å². The predicted molar refractivity (Wildman–Crippen MR) is 91.6 cm³/mol. The largest absolute Gasteiger partial charge is 0.462 e. The number of ether oxygens (including phenoxy) is 1. The molecule has 0 amide bonds. The van der Waals surface area contributed by atoms with Gasteiger partial charge in [-0.15, -0.1) is 11.3 Å². The molecule has 0 saturated heterocycles. The van der Waals surface area contributed by atoms with E-state index in [-0.39, 0.29) is 6.61 Å². The Morgan fingerprint density at radius 3 is 3.04 bits per heavy atom. The van der Waals surface area contributed by atoms with E-state index in [2.05, 4.69) is 10.1 Å². The second kappa shape index (κ2) is 7.02. The van der Waals surface area contributed by atoms with Gasteiger partial charge in [-0.1, -0.05) is 11.6 Å². The van der Waals surface area contributed by atoms with Crippen molar-refractivity contribution < 1.29 is 13.9 Å². The van der Waals surface area contributed by atoms with E-state index in [9.17, 15) is 4.79 Å². The Morgan fingerprint density at radius 2 is 2.38 bits per heavy atom. The SMILES string of the molecule is Cc1nn(C)c(Cl)c1/C=C/C(=O)OCc1csc(-c2ccco2)n1. The lowest BCUT2D eigenvalue weighted by Gasteiger charge is -1.98. The minimum absolute atomic E-state index is 0.0974. The first-order valence-corrected chi connectivity index (χ1v) is 8.32. The molecular weight excluding hydrogens is 350 g/mol. The third-order valence-electron chi connectivity index (χ3n) is 3.23. The molecular formula is C16H14ClN3O3S. The van der Waals surface area contributed by atoms with Gasteiger partial charge in [-0.05, 0) is 25.1 Å². The first kappa shape index (κ1) is 16.5. The van der Waals surface area contributed by atoms with E-state index >= 15 is 0 Å². The topological polar surface area (TPSA) is 70.2 Å². The van der Waals surface area contributed by atoms with E-state index in [0.717, 1.165) is 10.7 Å². The van der Waals surface area contributed by atoms with Crippen molar-refractivity contribution in [1.29, 1.82) is 0 Å². The quantitative estimate of drug-likeness (QED) is 0.508. The number of carbonyl (C=O) groups is 1. The van der Waals surface area contributed by atoms with Crippen molar-refractivity contribution in [3.05, 3.63) is 52.0 Å². The van der Waals surface area contributed by atoms with Gasteiger partial charge in [-0.2, -0.15) is 5.10 Å². The van der Waals surface area contributed by atoms with Crippen LogP contribution in [-0.2, 0) is 23.2 Å². The Morgan fingerprint density at radius 1 is 1.54 bits per heavy atom. The smallest absolute Gasteiger partial charge is 0.331 e. The van der Waals surface area contributed by atoms with Crippen LogP contribution in [0.4, 0.5) is 0 Å². The van der Waals surface area contributed by atoms with Crippen molar-refractivity contribution >= 4 is 35.0 Å². The normalized spacial score (nSPS) is 11.3. The van der Waals surface area contributed by atoms with Crippen molar-refractivity contribution in [3.63, 3.8) is 0 Å². The number of hydrogen-bond acceptors (Lipinski definition) is 6. The van der Waals surface area contributed by atoms with E-state index in [0.29, 0.717) is 22.2 Å². The Kier molecular flexibility index (Phi) is 4.82. The van der Waals surface area contributed by atoms with E-state index in [4.69, 9.17) is 20.8 Å². The number of aromatic nitrogens is 3. The number of aryl methyl sites for hydroxylation is 2. The highest BCUT2D eigenvalue weighted by atomic mass is 35.5. The molecule has 6 nitrogen and oxygen atoms in total. The fraction of sp³-hybridized carbons (Fsp3) is 0.188. The molecule has 3 heterocycles. The molecule has 3 rings (SSSR count). The van der Waals surface area contributed by atoms with Gasteiger partial charge in [0.25, 0.3) is 0 Å². The molecule has 0 bridgehead atoms. The Labute approximate surface area is 147 Å². The molecule has 0 aliphatic carbocycles. The van der Waals surface area contributed by atoms with Crippen LogP contribution < -0.4 is 0 Å². The van der Waals surface area contributed by atoms with Crippen LogP contribution in [0.1, 0.15) is 17.0 Å². The summed E-state index contributed by atoms with van der Waals surface area (Å²) in [6.45, 7) is 1.92. The lowest BCUT2D eigenvalue weighted by atomic mass is 10.2. The number of rotatable bonds is 5. The number of esters is 1. The number of halogens is 1. The van der Waals surface area contributed by atoms with Crippen molar-refractivity contribution in [2.45, 2.75) is 13.5 Å².